The summed E-state index contributed by atoms with van der Waals surface area (Å²) in [6, 6.07) is 49.1. The molecule has 0 heterocycles. The van der Waals surface area contributed by atoms with Crippen molar-refractivity contribution in [3.8, 4) is 55.6 Å². The number of hydrogen-bond acceptors (Lipinski definition) is 0. The van der Waals surface area contributed by atoms with Crippen LogP contribution in [0.25, 0.3) is 55.6 Å². The summed E-state index contributed by atoms with van der Waals surface area (Å²) in [5.41, 5.74) is 19.2. The summed E-state index contributed by atoms with van der Waals surface area (Å²) in [5, 5.41) is 0. The predicted octanol–water partition coefficient (Wildman–Crippen LogP) is 9.83. The second-order valence-electron chi connectivity index (χ2n) is 10.5. The maximum absolute atomic E-state index is 2.50. The van der Waals surface area contributed by atoms with Crippen LogP contribution in [0.4, 0.5) is 0 Å². The van der Waals surface area contributed by atoms with Crippen LogP contribution < -0.4 is 0 Å². The van der Waals surface area contributed by atoms with E-state index in [1.54, 1.807) is 0 Å². The van der Waals surface area contributed by atoms with Gasteiger partial charge in [-0.25, -0.2) is 0 Å². The number of rotatable bonds is 3. The van der Waals surface area contributed by atoms with E-state index in [1.807, 2.05) is 0 Å². The van der Waals surface area contributed by atoms with E-state index in [4.69, 9.17) is 0 Å². The summed E-state index contributed by atoms with van der Waals surface area (Å²) in [4.78, 5) is 0. The summed E-state index contributed by atoms with van der Waals surface area (Å²) in [6.07, 6.45) is 1.98. The molecule has 0 spiro atoms. The van der Waals surface area contributed by atoms with Gasteiger partial charge in [-0.2, -0.15) is 0 Å². The smallest absolute Gasteiger partial charge is 0.000717 e. The molecule has 0 radical (unpaired) electrons. The van der Waals surface area contributed by atoms with Crippen molar-refractivity contribution in [3.63, 3.8) is 0 Å². The SMILES string of the molecule is c1ccc(-c2ccc3c(c2)-c2cc4c(c(-c5ccccc5)c2C3)Cc2ccc(-c3ccccc3)cc2-4)cc1. The van der Waals surface area contributed by atoms with Gasteiger partial charge < -0.3 is 0 Å². The Morgan fingerprint density at radius 2 is 0.737 bits per heavy atom. The first kappa shape index (κ1) is 21.4. The van der Waals surface area contributed by atoms with Crippen molar-refractivity contribution in [2.24, 2.45) is 0 Å². The molecule has 0 saturated carbocycles. The minimum absolute atomic E-state index is 0.989. The van der Waals surface area contributed by atoms with Gasteiger partial charge in [0.05, 0.1) is 0 Å². The van der Waals surface area contributed by atoms with Crippen LogP contribution in [-0.2, 0) is 12.8 Å². The average Bonchev–Trinajstić information content (AvgIpc) is 3.54. The van der Waals surface area contributed by atoms with Crippen molar-refractivity contribution >= 4 is 0 Å². The van der Waals surface area contributed by atoms with Crippen LogP contribution in [-0.4, -0.2) is 0 Å². The fourth-order valence-corrected chi connectivity index (χ4v) is 6.54. The molecule has 0 unspecified atom stereocenters. The van der Waals surface area contributed by atoms with E-state index in [0.717, 1.165) is 12.8 Å². The number of hydrogen-bond donors (Lipinski definition) is 0. The summed E-state index contributed by atoms with van der Waals surface area (Å²) in [7, 11) is 0. The van der Waals surface area contributed by atoms with E-state index in [0.29, 0.717) is 0 Å². The van der Waals surface area contributed by atoms with Crippen molar-refractivity contribution in [2.45, 2.75) is 12.8 Å². The first-order valence-corrected chi connectivity index (χ1v) is 13.4. The Labute approximate surface area is 223 Å². The Kier molecular flexibility index (Phi) is 4.75. The molecule has 0 amide bonds. The Morgan fingerprint density at radius 1 is 0.316 bits per heavy atom. The highest BCUT2D eigenvalue weighted by molar-refractivity contribution is 5.96. The van der Waals surface area contributed by atoms with E-state index < -0.39 is 0 Å². The lowest BCUT2D eigenvalue weighted by atomic mass is 9.87. The molecule has 6 aromatic rings. The van der Waals surface area contributed by atoms with Crippen LogP contribution in [0, 0.1) is 0 Å². The van der Waals surface area contributed by atoms with E-state index in [2.05, 4.69) is 133 Å². The first-order valence-electron chi connectivity index (χ1n) is 13.4. The number of fused-ring (bicyclic) bond motifs is 6. The van der Waals surface area contributed by atoms with Crippen LogP contribution in [0.3, 0.4) is 0 Å². The lowest BCUT2D eigenvalue weighted by Gasteiger charge is -2.16. The van der Waals surface area contributed by atoms with Crippen molar-refractivity contribution < 1.29 is 0 Å². The molecule has 0 nitrogen and oxygen atoms in total. The highest BCUT2D eigenvalue weighted by Crippen LogP contribution is 2.51. The van der Waals surface area contributed by atoms with Gasteiger partial charge >= 0.3 is 0 Å². The predicted molar refractivity (Wildman–Crippen MR) is 159 cm³/mol. The second-order valence-corrected chi connectivity index (χ2v) is 10.5. The fourth-order valence-electron chi connectivity index (χ4n) is 6.54. The third-order valence-electron chi connectivity index (χ3n) is 8.35. The largest absolute Gasteiger partial charge is 0.0622 e. The van der Waals surface area contributed by atoms with Gasteiger partial charge in [-0.1, -0.05) is 115 Å². The normalized spacial score (nSPS) is 12.5. The van der Waals surface area contributed by atoms with Gasteiger partial charge in [-0.05, 0) is 109 Å². The minimum Gasteiger partial charge on any atom is -0.0622 e. The first-order chi connectivity index (χ1) is 18.8. The Balaban J connectivity index is 1.37. The molecule has 0 fully saturated rings. The highest BCUT2D eigenvalue weighted by Gasteiger charge is 2.30. The molecule has 0 aliphatic heterocycles. The molecule has 0 N–H and O–H groups in total. The van der Waals surface area contributed by atoms with Crippen molar-refractivity contribution in [1.82, 2.24) is 0 Å². The van der Waals surface area contributed by atoms with E-state index in [1.165, 1.54) is 77.9 Å². The summed E-state index contributed by atoms with van der Waals surface area (Å²) < 4.78 is 0. The maximum atomic E-state index is 2.50. The van der Waals surface area contributed by atoms with Crippen molar-refractivity contribution in [1.29, 1.82) is 0 Å². The molecule has 178 valence electrons. The van der Waals surface area contributed by atoms with E-state index in [9.17, 15) is 0 Å². The van der Waals surface area contributed by atoms with Crippen LogP contribution in [0.15, 0.2) is 133 Å². The van der Waals surface area contributed by atoms with Crippen LogP contribution in [0.1, 0.15) is 22.3 Å². The van der Waals surface area contributed by atoms with Crippen molar-refractivity contribution in [3.05, 3.63) is 156 Å². The second kappa shape index (κ2) is 8.43. The molecule has 2 aliphatic carbocycles. The monoisotopic (exact) mass is 482 g/mol. The average molecular weight is 483 g/mol. The molecular formula is C38H26. The van der Waals surface area contributed by atoms with Gasteiger partial charge in [-0.3, -0.25) is 0 Å². The molecule has 0 bridgehead atoms. The molecule has 0 aromatic heterocycles. The van der Waals surface area contributed by atoms with Gasteiger partial charge in [0.25, 0.3) is 0 Å². The molecule has 2 aliphatic rings. The van der Waals surface area contributed by atoms with Gasteiger partial charge in [0.2, 0.25) is 0 Å². The van der Waals surface area contributed by atoms with E-state index in [-0.39, 0.29) is 0 Å². The quantitative estimate of drug-likeness (QED) is 0.235. The number of benzene rings is 6. The molecule has 6 aromatic carbocycles. The topological polar surface area (TPSA) is 0 Å². The Bertz CT molecular complexity index is 1710. The molecule has 0 saturated heterocycles. The zero-order valence-electron chi connectivity index (χ0n) is 21.1. The van der Waals surface area contributed by atoms with Gasteiger partial charge in [0.15, 0.2) is 0 Å². The lowest BCUT2D eigenvalue weighted by molar-refractivity contribution is 1.21. The molecule has 0 heteroatoms. The van der Waals surface area contributed by atoms with E-state index >= 15 is 0 Å². The Morgan fingerprint density at radius 3 is 1.18 bits per heavy atom. The Hall–Kier alpha value is -4.68. The molecule has 8 rings (SSSR count). The fraction of sp³-hybridized carbons (Fsp3) is 0.0526. The minimum atomic E-state index is 0.989. The summed E-state index contributed by atoms with van der Waals surface area (Å²) >= 11 is 0. The van der Waals surface area contributed by atoms with Crippen LogP contribution in [0.2, 0.25) is 0 Å². The molecule has 38 heavy (non-hydrogen) atoms. The third-order valence-corrected chi connectivity index (χ3v) is 8.35. The van der Waals surface area contributed by atoms with Crippen LogP contribution in [0.5, 0.6) is 0 Å². The zero-order chi connectivity index (χ0) is 25.1. The summed E-state index contributed by atoms with van der Waals surface area (Å²) in [6.45, 7) is 0. The lowest BCUT2D eigenvalue weighted by Crippen LogP contribution is -1.95. The summed E-state index contributed by atoms with van der Waals surface area (Å²) in [5.74, 6) is 0. The highest BCUT2D eigenvalue weighted by atomic mass is 14.3. The molecule has 0 atom stereocenters. The third kappa shape index (κ3) is 3.31. The zero-order valence-corrected chi connectivity index (χ0v) is 21.1. The van der Waals surface area contributed by atoms with Gasteiger partial charge in [0.1, 0.15) is 0 Å². The molecular weight excluding hydrogens is 456 g/mol. The van der Waals surface area contributed by atoms with Crippen molar-refractivity contribution in [2.75, 3.05) is 0 Å². The van der Waals surface area contributed by atoms with Gasteiger partial charge in [-0.15, -0.1) is 0 Å². The maximum Gasteiger partial charge on any atom is -0.000717 e. The standard InChI is InChI=1S/C38H26/c1-4-10-25(11-5-1)28-16-18-30-22-36-34(32(30)20-28)24-35-33-21-29(26-12-6-2-7-13-26)17-19-31(33)23-37(35)38(36)27-14-8-3-9-15-27/h1-21,24H,22-23H2. The van der Waals surface area contributed by atoms with Gasteiger partial charge in [0, 0.05) is 0 Å². The van der Waals surface area contributed by atoms with Crippen LogP contribution >= 0.6 is 0 Å².